The van der Waals surface area contributed by atoms with Gasteiger partial charge in [0.15, 0.2) is 6.29 Å². The van der Waals surface area contributed by atoms with E-state index in [9.17, 15) is 9.90 Å². The van der Waals surface area contributed by atoms with E-state index >= 15 is 0 Å². The molecule has 0 spiro atoms. The third-order valence-corrected chi connectivity index (χ3v) is 7.39. The number of nitrogens with zero attached hydrogens (tertiary/aromatic N) is 4. The van der Waals surface area contributed by atoms with E-state index in [1.807, 2.05) is 60.7 Å². The smallest absolute Gasteiger partial charge is 0.267 e. The summed E-state index contributed by atoms with van der Waals surface area (Å²) in [5.74, 6) is 0.533. The highest BCUT2D eigenvalue weighted by Gasteiger charge is 2.30. The Morgan fingerprint density at radius 2 is 1.80 bits per heavy atom. The van der Waals surface area contributed by atoms with E-state index in [-0.39, 0.29) is 24.3 Å². The number of hydrazone groups is 1. The highest BCUT2D eigenvalue weighted by atomic mass is 16.7. The van der Waals surface area contributed by atoms with E-state index in [1.165, 1.54) is 25.3 Å². The molecule has 0 bridgehead atoms. The van der Waals surface area contributed by atoms with Crippen LogP contribution in [0.2, 0.25) is 0 Å². The van der Waals surface area contributed by atoms with Crippen molar-refractivity contribution in [1.82, 2.24) is 15.0 Å². The number of hydrogen-bond acceptors (Lipinski definition) is 10. The van der Waals surface area contributed by atoms with Gasteiger partial charge in [0.1, 0.15) is 17.6 Å². The molecule has 0 fully saturated rings. The maximum absolute atomic E-state index is 13.9. The van der Waals surface area contributed by atoms with Crippen LogP contribution in [-0.2, 0) is 27.3 Å². The fourth-order valence-electron chi connectivity index (χ4n) is 5.24. The zero-order chi connectivity index (χ0) is 31.2. The van der Waals surface area contributed by atoms with Crippen LogP contribution in [0.3, 0.4) is 0 Å². The molecule has 4 aromatic rings. The largest absolute Gasteiger partial charge is 0.496 e. The molecule has 2 heterocycles. The zero-order valence-corrected chi connectivity index (χ0v) is 24.7. The SMILES string of the molecule is COc1cc(Cc2cnc(N)nc2N)cc(/C=C/C(=O)N2N=Cc3ccccc3C2c2ccc(CO)cc2)c1C(OC)OC. The van der Waals surface area contributed by atoms with Crippen LogP contribution >= 0.6 is 0 Å². The Morgan fingerprint density at radius 1 is 1.05 bits per heavy atom. The van der Waals surface area contributed by atoms with Crippen LogP contribution in [0.25, 0.3) is 6.08 Å². The van der Waals surface area contributed by atoms with Crippen LogP contribution in [0.1, 0.15) is 56.8 Å². The number of carbonyl (C=O) groups excluding carboxylic acids is 1. The molecule has 5 rings (SSSR count). The first-order valence-electron chi connectivity index (χ1n) is 13.8. The van der Waals surface area contributed by atoms with E-state index < -0.39 is 12.3 Å². The molecule has 1 aliphatic heterocycles. The summed E-state index contributed by atoms with van der Waals surface area (Å²) in [4.78, 5) is 22.0. The van der Waals surface area contributed by atoms with Gasteiger partial charge in [0.05, 0.1) is 25.5 Å². The lowest BCUT2D eigenvalue weighted by molar-refractivity contribution is -0.127. The summed E-state index contributed by atoms with van der Waals surface area (Å²) in [7, 11) is 4.61. The van der Waals surface area contributed by atoms with Gasteiger partial charge in [-0.15, -0.1) is 0 Å². The standard InChI is InChI=1S/C33H34N6O5/c1-42-27-16-21(15-25-17-36-33(35)38-31(25)34)14-23(29(27)32(43-2)44-3)12-13-28(41)39-30(22-10-8-20(19-40)9-11-22)26-7-5-4-6-24(26)18-37-39/h4-14,16-18,30,32,40H,15,19H2,1-3H3,(H4,34,35,36,38)/b13-12+. The number of nitrogens with two attached hydrogens (primary N) is 2. The number of methoxy groups -OCH3 is 3. The molecule has 0 radical (unpaired) electrons. The van der Waals surface area contributed by atoms with E-state index in [0.29, 0.717) is 28.9 Å². The third-order valence-electron chi connectivity index (χ3n) is 7.39. The summed E-state index contributed by atoms with van der Waals surface area (Å²) >= 11 is 0. The van der Waals surface area contributed by atoms with Crippen molar-refractivity contribution < 1.29 is 24.1 Å². The quantitative estimate of drug-likeness (QED) is 0.182. The number of nitrogen functional groups attached to an aromatic ring is 2. The molecule has 0 saturated heterocycles. The molecule has 1 aromatic heterocycles. The molecule has 0 aliphatic carbocycles. The average molecular weight is 595 g/mol. The van der Waals surface area contributed by atoms with E-state index in [0.717, 1.165) is 27.8 Å². The first-order valence-corrected chi connectivity index (χ1v) is 13.8. The van der Waals surface area contributed by atoms with Crippen molar-refractivity contribution in [2.24, 2.45) is 5.10 Å². The molecule has 1 aliphatic rings. The Kier molecular flexibility index (Phi) is 9.29. The number of benzene rings is 3. The Labute approximate surface area is 255 Å². The van der Waals surface area contributed by atoms with E-state index in [1.54, 1.807) is 25.6 Å². The molecule has 5 N–H and O–H groups in total. The molecule has 1 unspecified atom stereocenters. The Bertz CT molecular complexity index is 1700. The van der Waals surface area contributed by atoms with Crippen LogP contribution in [0.15, 0.2) is 78.0 Å². The number of hydrogen-bond donors (Lipinski definition) is 3. The number of fused-ring (bicyclic) bond motifs is 1. The number of aliphatic hydroxyl groups excluding tert-OH is 1. The van der Waals surface area contributed by atoms with Crippen LogP contribution in [0.5, 0.6) is 5.75 Å². The van der Waals surface area contributed by atoms with Gasteiger partial charge in [-0.2, -0.15) is 10.1 Å². The summed E-state index contributed by atoms with van der Waals surface area (Å²) in [6, 6.07) is 18.6. The van der Waals surface area contributed by atoms with Gasteiger partial charge in [0.25, 0.3) is 5.91 Å². The molecule has 11 nitrogen and oxygen atoms in total. The summed E-state index contributed by atoms with van der Waals surface area (Å²) in [6.45, 7) is -0.0716. The highest BCUT2D eigenvalue weighted by Crippen LogP contribution is 2.36. The summed E-state index contributed by atoms with van der Waals surface area (Å²) in [5, 5.41) is 15.5. The Morgan fingerprint density at radius 3 is 2.48 bits per heavy atom. The molecule has 11 heteroatoms. The molecular formula is C33H34N6O5. The minimum absolute atomic E-state index is 0.0716. The first-order chi connectivity index (χ1) is 21.4. The van der Waals surface area contributed by atoms with E-state index in [2.05, 4.69) is 15.1 Å². The lowest BCUT2D eigenvalue weighted by atomic mass is 9.92. The summed E-state index contributed by atoms with van der Waals surface area (Å²) < 4.78 is 16.9. The maximum Gasteiger partial charge on any atom is 0.267 e. The molecule has 44 heavy (non-hydrogen) atoms. The number of amides is 1. The summed E-state index contributed by atoms with van der Waals surface area (Å²) in [5.41, 5.74) is 18.0. The number of rotatable bonds is 10. The topological polar surface area (TPSA) is 158 Å². The predicted molar refractivity (Wildman–Crippen MR) is 168 cm³/mol. The van der Waals surface area contributed by atoms with Crippen molar-refractivity contribution in [1.29, 1.82) is 0 Å². The molecule has 3 aromatic carbocycles. The molecule has 1 atom stereocenters. The van der Waals surface area contributed by atoms with Crippen molar-refractivity contribution in [3.05, 3.63) is 117 Å². The van der Waals surface area contributed by atoms with Crippen LogP contribution < -0.4 is 16.2 Å². The fourth-order valence-corrected chi connectivity index (χ4v) is 5.24. The zero-order valence-electron chi connectivity index (χ0n) is 24.7. The number of anilines is 2. The van der Waals surface area contributed by atoms with Gasteiger partial charge >= 0.3 is 0 Å². The third kappa shape index (κ3) is 6.30. The lowest BCUT2D eigenvalue weighted by Gasteiger charge is -2.31. The molecule has 0 saturated carbocycles. The lowest BCUT2D eigenvalue weighted by Crippen LogP contribution is -2.33. The minimum atomic E-state index is -0.767. The van der Waals surface area contributed by atoms with Crippen LogP contribution in [0, 0.1) is 0 Å². The summed E-state index contributed by atoms with van der Waals surface area (Å²) in [6.07, 6.45) is 6.05. The minimum Gasteiger partial charge on any atom is -0.496 e. The second-order valence-corrected chi connectivity index (χ2v) is 10.1. The number of aromatic nitrogens is 2. The average Bonchev–Trinajstić information content (AvgIpc) is 3.05. The second-order valence-electron chi connectivity index (χ2n) is 10.1. The van der Waals surface area contributed by atoms with Crippen molar-refractivity contribution in [3.63, 3.8) is 0 Å². The Balaban J connectivity index is 1.54. The van der Waals surface area contributed by atoms with E-state index in [4.69, 9.17) is 25.7 Å². The van der Waals surface area contributed by atoms with Gasteiger partial charge in [-0.25, -0.2) is 9.99 Å². The van der Waals surface area contributed by atoms with Crippen molar-refractivity contribution in [3.8, 4) is 5.75 Å². The van der Waals surface area contributed by atoms with Crippen molar-refractivity contribution in [2.45, 2.75) is 25.4 Å². The van der Waals surface area contributed by atoms with Crippen molar-refractivity contribution >= 4 is 30.0 Å². The number of aliphatic hydroxyl groups is 1. The highest BCUT2D eigenvalue weighted by molar-refractivity contribution is 5.95. The van der Waals surface area contributed by atoms with Gasteiger partial charge in [0, 0.05) is 44.0 Å². The van der Waals surface area contributed by atoms with Crippen molar-refractivity contribution in [2.75, 3.05) is 32.8 Å². The fraction of sp³-hybridized carbons (Fsp3) is 0.212. The molecule has 226 valence electrons. The second kappa shape index (κ2) is 13.5. The van der Waals surface area contributed by atoms with Crippen LogP contribution in [0.4, 0.5) is 11.8 Å². The van der Waals surface area contributed by atoms with Gasteiger partial charge in [-0.3, -0.25) is 4.79 Å². The Hall–Kier alpha value is -5.10. The van der Waals surface area contributed by atoms with Gasteiger partial charge in [-0.1, -0.05) is 54.6 Å². The predicted octanol–water partition coefficient (Wildman–Crippen LogP) is 4.00. The normalized spacial score (nSPS) is 14.3. The van der Waals surface area contributed by atoms with Gasteiger partial charge < -0.3 is 30.8 Å². The molecule has 1 amide bonds. The maximum atomic E-state index is 13.9. The van der Waals surface area contributed by atoms with Crippen LogP contribution in [-0.4, -0.2) is 53.5 Å². The number of ether oxygens (including phenoxy) is 3. The van der Waals surface area contributed by atoms with Gasteiger partial charge in [-0.05, 0) is 40.0 Å². The first kappa shape index (κ1) is 30.4. The van der Waals surface area contributed by atoms with Gasteiger partial charge in [0.2, 0.25) is 5.95 Å². The monoisotopic (exact) mass is 594 g/mol. The number of carbonyl (C=O) groups is 1. The molecular weight excluding hydrogens is 560 g/mol.